The van der Waals surface area contributed by atoms with E-state index >= 15 is 0 Å². The van der Waals surface area contributed by atoms with Gasteiger partial charge in [0.25, 0.3) is 5.91 Å². The first-order valence-electron chi connectivity index (χ1n) is 7.16. The molecule has 2 fully saturated rings. The van der Waals surface area contributed by atoms with Crippen molar-refractivity contribution in [3.63, 3.8) is 0 Å². The average Bonchev–Trinajstić information content (AvgIpc) is 2.48. The third-order valence-corrected chi connectivity index (χ3v) is 4.08. The van der Waals surface area contributed by atoms with Crippen LogP contribution in [0.4, 0.5) is 17.6 Å². The number of morpholine rings is 1. The van der Waals surface area contributed by atoms with Crippen LogP contribution in [0.5, 0.6) is 0 Å². The lowest BCUT2D eigenvalue weighted by atomic mass is 9.95. The summed E-state index contributed by atoms with van der Waals surface area (Å²) >= 11 is 0. The molecule has 2 rings (SSSR count). The van der Waals surface area contributed by atoms with Crippen LogP contribution in [-0.4, -0.2) is 74.0 Å². The van der Waals surface area contributed by atoms with Crippen LogP contribution >= 0.6 is 0 Å². The van der Waals surface area contributed by atoms with Crippen LogP contribution in [0.25, 0.3) is 0 Å². The van der Waals surface area contributed by atoms with Crippen molar-refractivity contribution in [3.05, 3.63) is 0 Å². The molecule has 2 heterocycles. The van der Waals surface area contributed by atoms with Gasteiger partial charge in [0, 0.05) is 32.7 Å². The molecule has 21 heavy (non-hydrogen) atoms. The van der Waals surface area contributed by atoms with Crippen LogP contribution in [0.3, 0.4) is 0 Å². The molecule has 2 aliphatic heterocycles. The molecule has 0 spiro atoms. The Balaban J connectivity index is 1.78. The molecule has 8 heteroatoms. The van der Waals surface area contributed by atoms with Crippen molar-refractivity contribution in [2.24, 2.45) is 5.92 Å². The summed E-state index contributed by atoms with van der Waals surface area (Å²) in [6.07, 6.45) is -2.80. The maximum absolute atomic E-state index is 13.0. The Labute approximate surface area is 121 Å². The molecule has 0 aromatic carbocycles. The van der Waals surface area contributed by atoms with Crippen molar-refractivity contribution < 1.29 is 27.1 Å². The highest BCUT2D eigenvalue weighted by molar-refractivity contribution is 5.84. The summed E-state index contributed by atoms with van der Waals surface area (Å²) in [5, 5.41) is 0. The molecule has 0 unspecified atom stereocenters. The predicted molar refractivity (Wildman–Crippen MR) is 67.5 cm³/mol. The maximum atomic E-state index is 13.0. The van der Waals surface area contributed by atoms with E-state index in [4.69, 9.17) is 4.74 Å². The number of piperidine rings is 1. The molecule has 122 valence electrons. The van der Waals surface area contributed by atoms with Crippen LogP contribution in [0.15, 0.2) is 0 Å². The summed E-state index contributed by atoms with van der Waals surface area (Å²) in [6, 6.07) is 0. The van der Waals surface area contributed by atoms with Gasteiger partial charge < -0.3 is 9.64 Å². The molecule has 0 N–H and O–H groups in total. The van der Waals surface area contributed by atoms with Crippen molar-refractivity contribution >= 4 is 5.91 Å². The van der Waals surface area contributed by atoms with Gasteiger partial charge in [0.15, 0.2) is 0 Å². The second-order valence-corrected chi connectivity index (χ2v) is 5.57. The van der Waals surface area contributed by atoms with Crippen molar-refractivity contribution in [2.45, 2.75) is 25.2 Å². The fourth-order valence-electron chi connectivity index (χ4n) is 2.77. The number of halogens is 4. The maximum Gasteiger partial charge on any atom is 0.383 e. The minimum absolute atomic E-state index is 0.121. The third kappa shape index (κ3) is 4.06. The number of carbonyl (C=O) groups is 1. The van der Waals surface area contributed by atoms with Crippen molar-refractivity contribution in [3.8, 4) is 0 Å². The van der Waals surface area contributed by atoms with Gasteiger partial charge in [-0.2, -0.15) is 8.78 Å². The monoisotopic (exact) mass is 312 g/mol. The van der Waals surface area contributed by atoms with E-state index in [1.54, 1.807) is 0 Å². The Morgan fingerprint density at radius 2 is 1.71 bits per heavy atom. The van der Waals surface area contributed by atoms with E-state index < -0.39 is 18.3 Å². The molecule has 0 aromatic heterocycles. The van der Waals surface area contributed by atoms with Gasteiger partial charge in [-0.3, -0.25) is 9.69 Å². The molecule has 0 radical (unpaired) electrons. The van der Waals surface area contributed by atoms with E-state index in [1.165, 1.54) is 0 Å². The second-order valence-electron chi connectivity index (χ2n) is 5.57. The number of hydrogen-bond donors (Lipinski definition) is 0. The third-order valence-electron chi connectivity index (χ3n) is 4.08. The van der Waals surface area contributed by atoms with E-state index in [2.05, 4.69) is 4.90 Å². The first-order chi connectivity index (χ1) is 9.91. The van der Waals surface area contributed by atoms with Crippen molar-refractivity contribution in [1.29, 1.82) is 0 Å². The molecule has 2 aliphatic rings. The lowest BCUT2D eigenvalue weighted by Gasteiger charge is -2.36. The molecule has 0 bridgehead atoms. The topological polar surface area (TPSA) is 32.8 Å². The van der Waals surface area contributed by atoms with Gasteiger partial charge in [0.05, 0.1) is 13.2 Å². The zero-order valence-corrected chi connectivity index (χ0v) is 11.7. The Kier molecular flexibility index (Phi) is 5.43. The number of nitrogens with zero attached hydrogens (tertiary/aromatic N) is 2. The number of likely N-dealkylation sites (tertiary alicyclic amines) is 1. The van der Waals surface area contributed by atoms with Crippen LogP contribution in [0.1, 0.15) is 12.8 Å². The minimum atomic E-state index is -4.57. The Bertz CT molecular complexity index is 354. The quantitative estimate of drug-likeness (QED) is 0.737. The fourth-order valence-corrected chi connectivity index (χ4v) is 2.77. The Morgan fingerprint density at radius 3 is 2.24 bits per heavy atom. The normalized spacial score (nSPS) is 22.8. The molecule has 2 saturated heterocycles. The Hall–Kier alpha value is -0.890. The van der Waals surface area contributed by atoms with Crippen LogP contribution < -0.4 is 0 Å². The number of carbonyl (C=O) groups excluding carboxylic acids is 1. The summed E-state index contributed by atoms with van der Waals surface area (Å²) in [4.78, 5) is 14.5. The van der Waals surface area contributed by atoms with Crippen LogP contribution in [-0.2, 0) is 9.53 Å². The van der Waals surface area contributed by atoms with E-state index in [1.807, 2.05) is 0 Å². The van der Waals surface area contributed by atoms with E-state index in [0.717, 1.165) is 24.5 Å². The van der Waals surface area contributed by atoms with Gasteiger partial charge in [-0.05, 0) is 18.8 Å². The summed E-state index contributed by atoms with van der Waals surface area (Å²) < 4.78 is 55.7. The van der Waals surface area contributed by atoms with Gasteiger partial charge in [-0.25, -0.2) is 8.78 Å². The average molecular weight is 312 g/mol. The van der Waals surface area contributed by atoms with Gasteiger partial charge >= 0.3 is 12.3 Å². The van der Waals surface area contributed by atoms with Gasteiger partial charge in [0.1, 0.15) is 0 Å². The van der Waals surface area contributed by atoms with Gasteiger partial charge in [-0.15, -0.1) is 0 Å². The van der Waals surface area contributed by atoms with E-state index in [-0.39, 0.29) is 13.1 Å². The second kappa shape index (κ2) is 6.91. The van der Waals surface area contributed by atoms with Crippen LogP contribution in [0, 0.1) is 5.92 Å². The zero-order valence-electron chi connectivity index (χ0n) is 11.7. The highest BCUT2D eigenvalue weighted by Gasteiger charge is 2.51. The van der Waals surface area contributed by atoms with Crippen LogP contribution in [0.2, 0.25) is 0 Å². The molecule has 4 nitrogen and oxygen atoms in total. The SMILES string of the molecule is O=C(N1CCC(CN2CCOCC2)CC1)C(F)(F)C(F)F. The zero-order chi connectivity index (χ0) is 15.5. The van der Waals surface area contributed by atoms with Gasteiger partial charge in [0.2, 0.25) is 0 Å². The molecule has 0 aromatic rings. The summed E-state index contributed by atoms with van der Waals surface area (Å²) in [6.45, 7) is 4.17. The number of hydrogen-bond acceptors (Lipinski definition) is 3. The number of alkyl halides is 4. The molecule has 0 saturated carbocycles. The number of amides is 1. The summed E-state index contributed by atoms with van der Waals surface area (Å²) in [5.74, 6) is -6.01. The standard InChI is InChI=1S/C13H20F4N2O2/c14-11(15)13(16,17)12(20)19-3-1-10(2-4-19)9-18-5-7-21-8-6-18/h10-11H,1-9H2. The molecule has 0 atom stereocenters. The smallest absolute Gasteiger partial charge is 0.379 e. The molecule has 0 aliphatic carbocycles. The number of ether oxygens (including phenoxy) is 1. The molecule has 1 amide bonds. The molecular formula is C13H20F4N2O2. The first-order valence-corrected chi connectivity index (χ1v) is 7.16. The largest absolute Gasteiger partial charge is 0.383 e. The van der Waals surface area contributed by atoms with E-state index in [0.29, 0.717) is 32.0 Å². The first kappa shape index (κ1) is 16.5. The Morgan fingerprint density at radius 1 is 1.14 bits per heavy atom. The van der Waals surface area contributed by atoms with E-state index in [9.17, 15) is 22.4 Å². The summed E-state index contributed by atoms with van der Waals surface area (Å²) in [5.41, 5.74) is 0. The van der Waals surface area contributed by atoms with Crippen molar-refractivity contribution in [1.82, 2.24) is 9.80 Å². The molecular weight excluding hydrogens is 292 g/mol. The lowest BCUT2D eigenvalue weighted by molar-refractivity contribution is -0.181. The fraction of sp³-hybridized carbons (Fsp3) is 0.923. The highest BCUT2D eigenvalue weighted by Crippen LogP contribution is 2.28. The highest BCUT2D eigenvalue weighted by atomic mass is 19.3. The summed E-state index contributed by atoms with van der Waals surface area (Å²) in [7, 11) is 0. The lowest BCUT2D eigenvalue weighted by Crippen LogP contribution is -2.51. The van der Waals surface area contributed by atoms with Crippen molar-refractivity contribution in [2.75, 3.05) is 45.9 Å². The number of rotatable bonds is 4. The predicted octanol–water partition coefficient (Wildman–Crippen LogP) is 1.46. The minimum Gasteiger partial charge on any atom is -0.379 e. The van der Waals surface area contributed by atoms with Gasteiger partial charge in [-0.1, -0.05) is 0 Å².